The molecule has 4 heteroatoms. The van der Waals surface area contributed by atoms with Crippen molar-refractivity contribution in [3.63, 3.8) is 0 Å². The SMILES string of the molecule is O=C(OCc1ccccc1F)c1c2c(nc3ccccc13)CCCC2. The van der Waals surface area contributed by atoms with Crippen molar-refractivity contribution >= 4 is 16.9 Å². The van der Waals surface area contributed by atoms with E-state index >= 15 is 0 Å². The number of esters is 1. The van der Waals surface area contributed by atoms with E-state index in [-0.39, 0.29) is 12.4 Å². The normalized spacial score (nSPS) is 13.5. The largest absolute Gasteiger partial charge is 0.457 e. The van der Waals surface area contributed by atoms with Crippen molar-refractivity contribution in [1.82, 2.24) is 4.98 Å². The minimum atomic E-state index is -0.403. The third kappa shape index (κ3) is 3.00. The summed E-state index contributed by atoms with van der Waals surface area (Å²) in [6.07, 6.45) is 3.84. The van der Waals surface area contributed by atoms with E-state index in [1.54, 1.807) is 18.2 Å². The smallest absolute Gasteiger partial charge is 0.339 e. The Bertz CT molecular complexity index is 952. The number of hydrogen-bond donors (Lipinski definition) is 0. The number of nitrogens with zero attached hydrogens (tertiary/aromatic N) is 1. The predicted octanol–water partition coefficient (Wildman–Crippen LogP) is 4.61. The van der Waals surface area contributed by atoms with Crippen LogP contribution >= 0.6 is 0 Å². The van der Waals surface area contributed by atoms with Crippen molar-refractivity contribution in [2.45, 2.75) is 32.3 Å². The molecule has 0 N–H and O–H groups in total. The molecule has 0 bridgehead atoms. The van der Waals surface area contributed by atoms with Crippen LogP contribution in [0.1, 0.15) is 40.0 Å². The number of fused-ring (bicyclic) bond motifs is 2. The summed E-state index contributed by atoms with van der Waals surface area (Å²) in [7, 11) is 0. The topological polar surface area (TPSA) is 39.2 Å². The zero-order chi connectivity index (χ0) is 17.2. The lowest BCUT2D eigenvalue weighted by molar-refractivity contribution is 0.0469. The van der Waals surface area contributed by atoms with Gasteiger partial charge in [-0.2, -0.15) is 0 Å². The molecule has 1 aliphatic carbocycles. The van der Waals surface area contributed by atoms with Gasteiger partial charge in [0.1, 0.15) is 12.4 Å². The Morgan fingerprint density at radius 3 is 2.68 bits per heavy atom. The summed E-state index contributed by atoms with van der Waals surface area (Å²) in [6.45, 7) is -0.0725. The summed E-state index contributed by atoms with van der Waals surface area (Å²) in [6, 6.07) is 14.0. The minimum absolute atomic E-state index is 0.0725. The van der Waals surface area contributed by atoms with Crippen molar-refractivity contribution in [3.05, 3.63) is 76.7 Å². The Labute approximate surface area is 145 Å². The molecule has 0 spiro atoms. The molecule has 0 amide bonds. The van der Waals surface area contributed by atoms with Gasteiger partial charge in [0.05, 0.1) is 11.1 Å². The summed E-state index contributed by atoms with van der Waals surface area (Å²) < 4.78 is 19.2. The number of rotatable bonds is 3. The first-order valence-corrected chi connectivity index (χ1v) is 8.55. The molecule has 0 saturated heterocycles. The molecule has 3 nitrogen and oxygen atoms in total. The number of aromatic nitrogens is 1. The number of carbonyl (C=O) groups is 1. The Kier molecular flexibility index (Phi) is 4.18. The third-order valence-electron chi connectivity index (χ3n) is 4.69. The highest BCUT2D eigenvalue weighted by Gasteiger charge is 2.23. The lowest BCUT2D eigenvalue weighted by Crippen LogP contribution is -2.15. The highest BCUT2D eigenvalue weighted by molar-refractivity contribution is 6.05. The number of para-hydroxylation sites is 1. The van der Waals surface area contributed by atoms with Crippen molar-refractivity contribution < 1.29 is 13.9 Å². The molecule has 0 saturated carbocycles. The Hall–Kier alpha value is -2.75. The average molecular weight is 335 g/mol. The third-order valence-corrected chi connectivity index (χ3v) is 4.69. The summed E-state index contributed by atoms with van der Waals surface area (Å²) in [5.41, 5.74) is 3.76. The lowest BCUT2D eigenvalue weighted by atomic mass is 9.90. The number of halogens is 1. The van der Waals surface area contributed by atoms with E-state index in [1.165, 1.54) is 6.07 Å². The lowest BCUT2D eigenvalue weighted by Gasteiger charge is -2.20. The Morgan fingerprint density at radius 2 is 1.80 bits per heavy atom. The van der Waals surface area contributed by atoms with Gasteiger partial charge < -0.3 is 4.74 Å². The fraction of sp³-hybridized carbons (Fsp3) is 0.238. The number of carbonyl (C=O) groups excluding carboxylic acids is 1. The molecule has 4 rings (SSSR count). The number of pyridine rings is 1. The summed E-state index contributed by atoms with van der Waals surface area (Å²) in [5, 5.41) is 0.807. The molecule has 1 aliphatic rings. The first kappa shape index (κ1) is 15.8. The van der Waals surface area contributed by atoms with Gasteiger partial charge in [0.2, 0.25) is 0 Å². The number of ether oxygens (including phenoxy) is 1. The van der Waals surface area contributed by atoms with Crippen LogP contribution < -0.4 is 0 Å². The molecule has 25 heavy (non-hydrogen) atoms. The van der Waals surface area contributed by atoms with Gasteiger partial charge in [0.25, 0.3) is 0 Å². The van der Waals surface area contributed by atoms with Crippen molar-refractivity contribution in [2.75, 3.05) is 0 Å². The summed E-state index contributed by atoms with van der Waals surface area (Å²) >= 11 is 0. The maximum absolute atomic E-state index is 13.8. The predicted molar refractivity (Wildman–Crippen MR) is 93.9 cm³/mol. The van der Waals surface area contributed by atoms with Gasteiger partial charge in [-0.1, -0.05) is 36.4 Å². The average Bonchev–Trinajstić information content (AvgIpc) is 2.65. The Morgan fingerprint density at radius 1 is 1.04 bits per heavy atom. The maximum Gasteiger partial charge on any atom is 0.339 e. The number of aryl methyl sites for hydroxylation is 1. The maximum atomic E-state index is 13.8. The molecule has 0 radical (unpaired) electrons. The van der Waals surface area contributed by atoms with Crippen molar-refractivity contribution in [2.24, 2.45) is 0 Å². The van der Waals surface area contributed by atoms with E-state index in [2.05, 4.69) is 0 Å². The molecule has 0 unspecified atom stereocenters. The second-order valence-corrected chi connectivity index (χ2v) is 6.30. The second-order valence-electron chi connectivity index (χ2n) is 6.30. The van der Waals surface area contributed by atoms with E-state index in [4.69, 9.17) is 9.72 Å². The van der Waals surface area contributed by atoms with Gasteiger partial charge in [0, 0.05) is 16.6 Å². The molecule has 0 fully saturated rings. The van der Waals surface area contributed by atoms with E-state index in [0.717, 1.165) is 47.8 Å². The zero-order valence-electron chi connectivity index (χ0n) is 13.8. The Balaban J connectivity index is 1.72. The quantitative estimate of drug-likeness (QED) is 0.656. The van der Waals surface area contributed by atoms with E-state index < -0.39 is 5.97 Å². The van der Waals surface area contributed by atoms with Gasteiger partial charge in [0.15, 0.2) is 0 Å². The van der Waals surface area contributed by atoms with Crippen LogP contribution in [-0.2, 0) is 24.2 Å². The molecular formula is C21H18FNO2. The van der Waals surface area contributed by atoms with Gasteiger partial charge in [-0.15, -0.1) is 0 Å². The van der Waals surface area contributed by atoms with Gasteiger partial charge in [-0.3, -0.25) is 4.98 Å². The van der Waals surface area contributed by atoms with Gasteiger partial charge in [-0.05, 0) is 43.4 Å². The van der Waals surface area contributed by atoms with Crippen LogP contribution in [0.4, 0.5) is 4.39 Å². The fourth-order valence-corrected chi connectivity index (χ4v) is 3.44. The highest BCUT2D eigenvalue weighted by atomic mass is 19.1. The molecule has 1 aromatic heterocycles. The van der Waals surface area contributed by atoms with Crippen LogP contribution in [0, 0.1) is 5.82 Å². The molecule has 2 aromatic carbocycles. The van der Waals surface area contributed by atoms with E-state index in [1.807, 2.05) is 24.3 Å². The molecule has 0 aliphatic heterocycles. The highest BCUT2D eigenvalue weighted by Crippen LogP contribution is 2.30. The molecule has 1 heterocycles. The van der Waals surface area contributed by atoms with Gasteiger partial charge in [-0.25, -0.2) is 9.18 Å². The van der Waals surface area contributed by atoms with Crippen LogP contribution in [0.3, 0.4) is 0 Å². The van der Waals surface area contributed by atoms with E-state index in [0.29, 0.717) is 11.1 Å². The zero-order valence-corrected chi connectivity index (χ0v) is 13.8. The van der Waals surface area contributed by atoms with Crippen molar-refractivity contribution in [3.8, 4) is 0 Å². The molecule has 126 valence electrons. The van der Waals surface area contributed by atoms with Gasteiger partial charge >= 0.3 is 5.97 Å². The van der Waals surface area contributed by atoms with Crippen LogP contribution in [0.25, 0.3) is 10.9 Å². The summed E-state index contributed by atoms with van der Waals surface area (Å²) in [4.78, 5) is 17.6. The monoisotopic (exact) mass is 335 g/mol. The number of benzene rings is 2. The fourth-order valence-electron chi connectivity index (χ4n) is 3.44. The van der Waals surface area contributed by atoms with Crippen LogP contribution in [0.2, 0.25) is 0 Å². The standard InChI is InChI=1S/C21H18FNO2/c22-17-10-4-1-7-14(17)13-25-21(24)20-15-8-2-5-11-18(15)23-19-12-6-3-9-16(19)20/h1-2,4-5,7-8,10-11H,3,6,9,12-13H2. The summed E-state index contributed by atoms with van der Waals surface area (Å²) in [5.74, 6) is -0.767. The van der Waals surface area contributed by atoms with Crippen LogP contribution in [-0.4, -0.2) is 11.0 Å². The molecular weight excluding hydrogens is 317 g/mol. The van der Waals surface area contributed by atoms with E-state index in [9.17, 15) is 9.18 Å². The minimum Gasteiger partial charge on any atom is -0.457 e. The first-order chi connectivity index (χ1) is 12.2. The first-order valence-electron chi connectivity index (χ1n) is 8.55. The van der Waals surface area contributed by atoms with Crippen molar-refractivity contribution in [1.29, 1.82) is 0 Å². The van der Waals surface area contributed by atoms with Crippen LogP contribution in [0.15, 0.2) is 48.5 Å². The second kappa shape index (κ2) is 6.63. The molecule has 0 atom stereocenters. The molecule has 3 aromatic rings. The van der Waals surface area contributed by atoms with Crippen LogP contribution in [0.5, 0.6) is 0 Å². The number of hydrogen-bond acceptors (Lipinski definition) is 3.